The number of benzene rings is 1. The second-order valence-corrected chi connectivity index (χ2v) is 5.98. The van der Waals surface area contributed by atoms with Crippen LogP contribution in [0.2, 0.25) is 10.0 Å². The molecule has 0 radical (unpaired) electrons. The minimum atomic E-state index is -0.840. The first kappa shape index (κ1) is 16.1. The van der Waals surface area contributed by atoms with E-state index < -0.39 is 12.1 Å². The van der Waals surface area contributed by atoms with Gasteiger partial charge in [0.1, 0.15) is 0 Å². The Kier molecular flexibility index (Phi) is 5.48. The first-order valence-electron chi connectivity index (χ1n) is 6.94. The van der Waals surface area contributed by atoms with E-state index >= 15 is 0 Å². The van der Waals surface area contributed by atoms with Crippen LogP contribution in [-0.2, 0) is 9.53 Å². The molecular weight excluding hydrogens is 313 g/mol. The molecule has 1 fully saturated rings. The molecule has 0 aliphatic heterocycles. The number of nitrogens with one attached hydrogen (secondary N) is 1. The molecule has 1 N–H and O–H groups in total. The molecule has 1 aliphatic carbocycles. The van der Waals surface area contributed by atoms with E-state index in [1.54, 1.807) is 6.92 Å². The molecule has 1 aromatic rings. The van der Waals surface area contributed by atoms with Gasteiger partial charge < -0.3 is 10.1 Å². The monoisotopic (exact) mass is 329 g/mol. The zero-order chi connectivity index (χ0) is 15.4. The van der Waals surface area contributed by atoms with Gasteiger partial charge in [-0.1, -0.05) is 36.0 Å². The Morgan fingerprint density at radius 1 is 1.24 bits per heavy atom. The second-order valence-electron chi connectivity index (χ2n) is 5.17. The van der Waals surface area contributed by atoms with Gasteiger partial charge in [-0.15, -0.1) is 0 Å². The van der Waals surface area contributed by atoms with Crippen molar-refractivity contribution in [1.29, 1.82) is 0 Å². The van der Waals surface area contributed by atoms with Gasteiger partial charge in [-0.25, -0.2) is 4.79 Å². The number of carbonyl (C=O) groups excluding carboxylic acids is 2. The van der Waals surface area contributed by atoms with Crippen molar-refractivity contribution in [2.75, 3.05) is 0 Å². The van der Waals surface area contributed by atoms with Crippen LogP contribution >= 0.6 is 23.2 Å². The lowest BCUT2D eigenvalue weighted by molar-refractivity contribution is -0.129. The third kappa shape index (κ3) is 4.35. The molecule has 1 atom stereocenters. The first-order valence-corrected chi connectivity index (χ1v) is 7.69. The number of hydrogen-bond donors (Lipinski definition) is 1. The fourth-order valence-corrected chi connectivity index (χ4v) is 2.59. The molecule has 0 bridgehead atoms. The SMILES string of the molecule is C[C@@H](OC(=O)c1ccc(Cl)c(Cl)c1)C(=O)NC1CCCC1. The highest BCUT2D eigenvalue weighted by Gasteiger charge is 2.23. The number of ether oxygens (including phenoxy) is 1. The zero-order valence-electron chi connectivity index (χ0n) is 11.7. The molecule has 0 unspecified atom stereocenters. The number of hydrogen-bond acceptors (Lipinski definition) is 3. The highest BCUT2D eigenvalue weighted by atomic mass is 35.5. The van der Waals surface area contributed by atoms with Gasteiger partial charge >= 0.3 is 5.97 Å². The molecule has 0 spiro atoms. The van der Waals surface area contributed by atoms with Crippen molar-refractivity contribution in [3.8, 4) is 0 Å². The molecule has 2 rings (SSSR count). The fourth-order valence-electron chi connectivity index (χ4n) is 2.29. The van der Waals surface area contributed by atoms with Crippen LogP contribution in [0, 0.1) is 0 Å². The molecule has 6 heteroatoms. The van der Waals surface area contributed by atoms with E-state index in [0.717, 1.165) is 25.7 Å². The molecule has 1 aliphatic rings. The third-order valence-electron chi connectivity index (χ3n) is 3.51. The standard InChI is InChI=1S/C15H17Cl2NO3/c1-9(14(19)18-11-4-2-3-5-11)21-15(20)10-6-7-12(16)13(17)8-10/h6-9,11H,2-5H2,1H3,(H,18,19)/t9-/m1/s1. The quantitative estimate of drug-likeness (QED) is 0.858. The van der Waals surface area contributed by atoms with E-state index in [1.165, 1.54) is 18.2 Å². The molecule has 1 saturated carbocycles. The van der Waals surface area contributed by atoms with E-state index in [1.807, 2.05) is 0 Å². The summed E-state index contributed by atoms with van der Waals surface area (Å²) in [4.78, 5) is 23.9. The molecule has 1 aromatic carbocycles. The lowest BCUT2D eigenvalue weighted by atomic mass is 10.2. The predicted molar refractivity (Wildman–Crippen MR) is 81.7 cm³/mol. The van der Waals surface area contributed by atoms with E-state index in [0.29, 0.717) is 5.02 Å². The first-order chi connectivity index (χ1) is 9.97. The Morgan fingerprint density at radius 3 is 2.52 bits per heavy atom. The Morgan fingerprint density at radius 2 is 1.90 bits per heavy atom. The van der Waals surface area contributed by atoms with Crippen molar-refractivity contribution in [3.05, 3.63) is 33.8 Å². The predicted octanol–water partition coefficient (Wildman–Crippen LogP) is 3.60. The summed E-state index contributed by atoms with van der Waals surface area (Å²) in [5.41, 5.74) is 0.268. The van der Waals surface area contributed by atoms with Crippen molar-refractivity contribution in [1.82, 2.24) is 5.32 Å². The van der Waals surface area contributed by atoms with Gasteiger partial charge in [-0.2, -0.15) is 0 Å². The van der Waals surface area contributed by atoms with Crippen molar-refractivity contribution in [3.63, 3.8) is 0 Å². The average molecular weight is 330 g/mol. The summed E-state index contributed by atoms with van der Waals surface area (Å²) in [6, 6.07) is 4.65. The van der Waals surface area contributed by atoms with Crippen molar-refractivity contribution >= 4 is 35.1 Å². The van der Waals surface area contributed by atoms with Crippen molar-refractivity contribution in [2.45, 2.75) is 44.8 Å². The van der Waals surface area contributed by atoms with Gasteiger partial charge in [0.25, 0.3) is 5.91 Å². The smallest absolute Gasteiger partial charge is 0.338 e. The van der Waals surface area contributed by atoms with E-state index in [9.17, 15) is 9.59 Å². The van der Waals surface area contributed by atoms with Crippen LogP contribution in [0.4, 0.5) is 0 Å². The van der Waals surface area contributed by atoms with Crippen LogP contribution in [0.1, 0.15) is 43.0 Å². The maximum Gasteiger partial charge on any atom is 0.338 e. The van der Waals surface area contributed by atoms with Crippen LogP contribution in [0.25, 0.3) is 0 Å². The summed E-state index contributed by atoms with van der Waals surface area (Å²) in [5, 5.41) is 3.53. The van der Waals surface area contributed by atoms with Crippen LogP contribution in [0.3, 0.4) is 0 Å². The Bertz CT molecular complexity index is 542. The third-order valence-corrected chi connectivity index (χ3v) is 4.25. The van der Waals surface area contributed by atoms with Gasteiger partial charge in [0, 0.05) is 6.04 Å². The summed E-state index contributed by atoms with van der Waals surface area (Å²) in [6.07, 6.45) is 3.39. The Hall–Kier alpha value is -1.26. The molecule has 114 valence electrons. The summed E-state index contributed by atoms with van der Waals surface area (Å²) in [6.45, 7) is 1.56. The largest absolute Gasteiger partial charge is 0.449 e. The lowest BCUT2D eigenvalue weighted by Gasteiger charge is -2.17. The molecule has 21 heavy (non-hydrogen) atoms. The number of esters is 1. The van der Waals surface area contributed by atoms with Crippen LogP contribution < -0.4 is 5.32 Å². The van der Waals surface area contributed by atoms with E-state index in [4.69, 9.17) is 27.9 Å². The van der Waals surface area contributed by atoms with E-state index in [2.05, 4.69) is 5.32 Å². The highest BCUT2D eigenvalue weighted by Crippen LogP contribution is 2.23. The topological polar surface area (TPSA) is 55.4 Å². The van der Waals surface area contributed by atoms with Crippen LogP contribution in [-0.4, -0.2) is 24.0 Å². The Labute approximate surface area is 133 Å². The maximum atomic E-state index is 12.0. The van der Waals surface area contributed by atoms with E-state index in [-0.39, 0.29) is 22.5 Å². The zero-order valence-corrected chi connectivity index (χ0v) is 13.2. The summed E-state index contributed by atoms with van der Waals surface area (Å²) in [5.74, 6) is -0.863. The van der Waals surface area contributed by atoms with Gasteiger partial charge in [0.2, 0.25) is 0 Å². The molecule has 1 amide bonds. The average Bonchev–Trinajstić information content (AvgIpc) is 2.94. The van der Waals surface area contributed by atoms with Gasteiger partial charge in [0.15, 0.2) is 6.10 Å². The van der Waals surface area contributed by atoms with Crippen molar-refractivity contribution < 1.29 is 14.3 Å². The number of halogens is 2. The lowest BCUT2D eigenvalue weighted by Crippen LogP contribution is -2.40. The van der Waals surface area contributed by atoms with Gasteiger partial charge in [0.05, 0.1) is 15.6 Å². The summed E-state index contributed by atoms with van der Waals surface area (Å²) in [7, 11) is 0. The minimum absolute atomic E-state index is 0.198. The number of carbonyl (C=O) groups is 2. The highest BCUT2D eigenvalue weighted by molar-refractivity contribution is 6.42. The normalized spacial score (nSPS) is 16.5. The molecule has 0 saturated heterocycles. The van der Waals surface area contributed by atoms with Crippen LogP contribution in [0.15, 0.2) is 18.2 Å². The fraction of sp³-hybridized carbons (Fsp3) is 0.467. The van der Waals surface area contributed by atoms with Gasteiger partial charge in [-0.3, -0.25) is 4.79 Å². The number of rotatable bonds is 4. The number of amides is 1. The van der Waals surface area contributed by atoms with Gasteiger partial charge in [-0.05, 0) is 38.0 Å². The molecule has 0 heterocycles. The van der Waals surface area contributed by atoms with Crippen molar-refractivity contribution in [2.24, 2.45) is 0 Å². The van der Waals surface area contributed by atoms with Crippen LogP contribution in [0.5, 0.6) is 0 Å². The second kappa shape index (κ2) is 7.14. The molecule has 4 nitrogen and oxygen atoms in total. The molecular formula is C15H17Cl2NO3. The minimum Gasteiger partial charge on any atom is -0.449 e. The maximum absolute atomic E-state index is 12.0. The molecule has 0 aromatic heterocycles. The summed E-state index contributed by atoms with van der Waals surface area (Å²) < 4.78 is 5.15. The Balaban J connectivity index is 1.91. The summed E-state index contributed by atoms with van der Waals surface area (Å²) >= 11 is 11.6.